The Morgan fingerprint density at radius 3 is 2.91 bits per heavy atom. The fraction of sp³-hybridized carbons (Fsp3) is 0.176. The van der Waals surface area contributed by atoms with Gasteiger partial charge in [-0.3, -0.25) is 4.79 Å². The molecule has 0 bridgehead atoms. The first-order valence-electron chi connectivity index (χ1n) is 7.31. The average molecular weight is 307 g/mol. The molecule has 3 aromatic rings. The van der Waals surface area contributed by atoms with Gasteiger partial charge in [0.25, 0.3) is 5.91 Å². The van der Waals surface area contributed by atoms with Gasteiger partial charge in [0.2, 0.25) is 0 Å². The van der Waals surface area contributed by atoms with Crippen molar-refractivity contribution in [2.75, 3.05) is 0 Å². The normalized spacial score (nSPS) is 11.2. The summed E-state index contributed by atoms with van der Waals surface area (Å²) >= 11 is 0. The minimum atomic E-state index is -0.248. The predicted octanol–water partition coefficient (Wildman–Crippen LogP) is 2.20. The van der Waals surface area contributed by atoms with E-state index in [0.29, 0.717) is 0 Å². The Balaban J connectivity index is 1.64. The summed E-state index contributed by atoms with van der Waals surface area (Å²) in [4.78, 5) is 12.0. The summed E-state index contributed by atoms with van der Waals surface area (Å²) < 4.78 is 1.55. The summed E-state index contributed by atoms with van der Waals surface area (Å²) in [5, 5.41) is 12.0. The maximum atomic E-state index is 12.0. The van der Waals surface area contributed by atoms with Crippen LogP contribution in [0.2, 0.25) is 0 Å². The van der Waals surface area contributed by atoms with Crippen molar-refractivity contribution in [3.63, 3.8) is 0 Å². The molecule has 6 nitrogen and oxygen atoms in total. The summed E-state index contributed by atoms with van der Waals surface area (Å²) in [6, 6.07) is 13.6. The number of carbonyl (C=O) groups excluding carboxylic acids is 1. The molecular formula is C17H17N5O. The van der Waals surface area contributed by atoms with E-state index in [2.05, 4.69) is 26.9 Å². The summed E-state index contributed by atoms with van der Waals surface area (Å²) in [6.45, 7) is 4.13. The van der Waals surface area contributed by atoms with Gasteiger partial charge in [0, 0.05) is 0 Å². The molecule has 0 aliphatic carbocycles. The molecule has 0 spiro atoms. The second kappa shape index (κ2) is 6.39. The summed E-state index contributed by atoms with van der Waals surface area (Å²) in [7, 11) is 0. The maximum Gasteiger partial charge on any atom is 0.261 e. The molecule has 0 saturated carbocycles. The van der Waals surface area contributed by atoms with Crippen molar-refractivity contribution in [1.29, 1.82) is 0 Å². The van der Waals surface area contributed by atoms with Crippen molar-refractivity contribution >= 4 is 23.2 Å². The highest BCUT2D eigenvalue weighted by Gasteiger charge is 2.07. The first-order valence-corrected chi connectivity index (χ1v) is 7.31. The fourth-order valence-corrected chi connectivity index (χ4v) is 2.35. The zero-order valence-corrected chi connectivity index (χ0v) is 13.0. The largest absolute Gasteiger partial charge is 0.271 e. The quantitative estimate of drug-likeness (QED) is 0.593. The molecule has 0 saturated heterocycles. The molecule has 0 fully saturated rings. The van der Waals surface area contributed by atoms with Crippen LogP contribution in [-0.2, 0) is 11.3 Å². The zero-order valence-electron chi connectivity index (χ0n) is 13.0. The van der Waals surface area contributed by atoms with E-state index < -0.39 is 0 Å². The van der Waals surface area contributed by atoms with E-state index in [-0.39, 0.29) is 12.5 Å². The lowest BCUT2D eigenvalue weighted by Crippen LogP contribution is -2.23. The number of nitrogens with one attached hydrogen (secondary N) is 1. The van der Waals surface area contributed by atoms with Gasteiger partial charge in [0.1, 0.15) is 12.1 Å². The van der Waals surface area contributed by atoms with Gasteiger partial charge < -0.3 is 0 Å². The van der Waals surface area contributed by atoms with Crippen LogP contribution in [0.5, 0.6) is 0 Å². The smallest absolute Gasteiger partial charge is 0.261 e. The molecule has 0 radical (unpaired) electrons. The van der Waals surface area contributed by atoms with Crippen LogP contribution in [0.1, 0.15) is 16.7 Å². The predicted molar refractivity (Wildman–Crippen MR) is 89.2 cm³/mol. The monoisotopic (exact) mass is 307 g/mol. The van der Waals surface area contributed by atoms with Crippen LogP contribution in [0.25, 0.3) is 11.0 Å². The van der Waals surface area contributed by atoms with Crippen LogP contribution >= 0.6 is 0 Å². The van der Waals surface area contributed by atoms with Crippen LogP contribution in [-0.4, -0.2) is 27.1 Å². The number of carbonyl (C=O) groups is 1. The second-order valence-electron chi connectivity index (χ2n) is 5.39. The number of benzene rings is 2. The van der Waals surface area contributed by atoms with E-state index in [1.165, 1.54) is 5.56 Å². The molecule has 0 aliphatic heterocycles. The number of rotatable bonds is 4. The Bertz CT molecular complexity index is 882. The summed E-state index contributed by atoms with van der Waals surface area (Å²) in [5.41, 5.74) is 7.39. The molecule has 23 heavy (non-hydrogen) atoms. The molecule has 0 unspecified atom stereocenters. The Morgan fingerprint density at radius 2 is 2.09 bits per heavy atom. The molecule has 1 N–H and O–H groups in total. The number of amides is 1. The first-order chi connectivity index (χ1) is 11.1. The van der Waals surface area contributed by atoms with E-state index in [4.69, 9.17) is 0 Å². The van der Waals surface area contributed by atoms with Gasteiger partial charge in [-0.25, -0.2) is 10.1 Å². The van der Waals surface area contributed by atoms with E-state index in [1.807, 2.05) is 50.2 Å². The third-order valence-electron chi connectivity index (χ3n) is 3.53. The number of hydrogen-bond acceptors (Lipinski definition) is 4. The van der Waals surface area contributed by atoms with Crippen molar-refractivity contribution in [2.24, 2.45) is 5.10 Å². The highest BCUT2D eigenvalue weighted by atomic mass is 16.2. The standard InChI is InChI=1S/C17H17N5O/c1-12-7-8-14(13(2)9-12)10-18-20-17(23)11-22-16-6-4-3-5-15(16)19-21-22/h3-10H,11H2,1-2H3,(H,20,23)/b18-10-. The highest BCUT2D eigenvalue weighted by molar-refractivity contribution is 5.84. The maximum absolute atomic E-state index is 12.0. The van der Waals surface area contributed by atoms with Gasteiger partial charge in [-0.1, -0.05) is 41.1 Å². The summed E-state index contributed by atoms with van der Waals surface area (Å²) in [6.07, 6.45) is 1.64. The van der Waals surface area contributed by atoms with E-state index in [1.54, 1.807) is 10.9 Å². The molecular weight excluding hydrogens is 290 g/mol. The van der Waals surface area contributed by atoms with Gasteiger partial charge >= 0.3 is 0 Å². The SMILES string of the molecule is Cc1ccc(/C=N\NC(=O)Cn2nnc3ccccc32)c(C)c1. The number of hydrazone groups is 1. The third-order valence-corrected chi connectivity index (χ3v) is 3.53. The van der Waals surface area contributed by atoms with Crippen molar-refractivity contribution in [3.05, 3.63) is 59.2 Å². The fourth-order valence-electron chi connectivity index (χ4n) is 2.35. The number of aromatic nitrogens is 3. The van der Waals surface area contributed by atoms with Gasteiger partial charge in [0.05, 0.1) is 11.7 Å². The number of fused-ring (bicyclic) bond motifs is 1. The molecule has 2 aromatic carbocycles. The van der Waals surface area contributed by atoms with E-state index in [0.717, 1.165) is 22.2 Å². The average Bonchev–Trinajstić information content (AvgIpc) is 2.93. The summed E-state index contributed by atoms with van der Waals surface area (Å²) in [5.74, 6) is -0.248. The van der Waals surface area contributed by atoms with Gasteiger partial charge in [-0.2, -0.15) is 5.10 Å². The lowest BCUT2D eigenvalue weighted by atomic mass is 10.1. The lowest BCUT2D eigenvalue weighted by molar-refractivity contribution is -0.121. The van der Waals surface area contributed by atoms with E-state index in [9.17, 15) is 4.79 Å². The lowest BCUT2D eigenvalue weighted by Gasteiger charge is -2.03. The van der Waals surface area contributed by atoms with Crippen molar-refractivity contribution in [3.8, 4) is 0 Å². The first kappa shape index (κ1) is 14.9. The van der Waals surface area contributed by atoms with Crippen molar-refractivity contribution in [1.82, 2.24) is 20.4 Å². The Morgan fingerprint density at radius 1 is 1.26 bits per heavy atom. The zero-order chi connectivity index (χ0) is 16.2. The van der Waals surface area contributed by atoms with Crippen molar-refractivity contribution in [2.45, 2.75) is 20.4 Å². The molecule has 1 heterocycles. The molecule has 1 aromatic heterocycles. The topological polar surface area (TPSA) is 72.2 Å². The molecule has 116 valence electrons. The van der Waals surface area contributed by atoms with Crippen LogP contribution in [0.15, 0.2) is 47.6 Å². The van der Waals surface area contributed by atoms with Crippen LogP contribution in [0, 0.1) is 13.8 Å². The highest BCUT2D eigenvalue weighted by Crippen LogP contribution is 2.09. The number of nitrogens with zero attached hydrogens (tertiary/aromatic N) is 4. The molecule has 6 heteroatoms. The van der Waals surface area contributed by atoms with Gasteiger partial charge in [-0.15, -0.1) is 5.10 Å². The van der Waals surface area contributed by atoms with Gasteiger partial charge in [0.15, 0.2) is 0 Å². The minimum absolute atomic E-state index is 0.0741. The minimum Gasteiger partial charge on any atom is -0.271 e. The number of para-hydroxylation sites is 1. The molecule has 0 aliphatic rings. The van der Waals surface area contributed by atoms with Crippen LogP contribution in [0.3, 0.4) is 0 Å². The second-order valence-corrected chi connectivity index (χ2v) is 5.39. The Kier molecular flexibility index (Phi) is 4.14. The van der Waals surface area contributed by atoms with Crippen LogP contribution in [0.4, 0.5) is 0 Å². The Hall–Kier alpha value is -3.02. The Labute approximate surface area is 133 Å². The van der Waals surface area contributed by atoms with Crippen LogP contribution < -0.4 is 5.43 Å². The molecule has 0 atom stereocenters. The molecule has 3 rings (SSSR count). The van der Waals surface area contributed by atoms with Gasteiger partial charge in [-0.05, 0) is 37.1 Å². The molecule has 1 amide bonds. The number of hydrogen-bond donors (Lipinski definition) is 1. The van der Waals surface area contributed by atoms with Crippen molar-refractivity contribution < 1.29 is 4.79 Å². The number of aryl methyl sites for hydroxylation is 2. The van der Waals surface area contributed by atoms with E-state index >= 15 is 0 Å². The third kappa shape index (κ3) is 3.42.